The van der Waals surface area contributed by atoms with Crippen molar-refractivity contribution < 1.29 is 14.1 Å². The summed E-state index contributed by atoms with van der Waals surface area (Å²) in [6.07, 6.45) is 2.30. The second-order valence-electron chi connectivity index (χ2n) is 5.37. The Hall–Kier alpha value is -2.48. The van der Waals surface area contributed by atoms with E-state index in [4.69, 9.17) is 9.26 Å². The van der Waals surface area contributed by atoms with Gasteiger partial charge in [0, 0.05) is 31.1 Å². The number of aryl methyl sites for hydroxylation is 1. The van der Waals surface area contributed by atoms with Gasteiger partial charge in [0.2, 0.25) is 11.8 Å². The van der Waals surface area contributed by atoms with Crippen LogP contribution in [0.1, 0.15) is 23.9 Å². The lowest BCUT2D eigenvalue weighted by Gasteiger charge is -2.27. The summed E-state index contributed by atoms with van der Waals surface area (Å²) >= 11 is 0. The highest BCUT2D eigenvalue weighted by atomic mass is 16.5. The molecule has 0 saturated carbocycles. The quantitative estimate of drug-likeness (QED) is 0.884. The highest BCUT2D eigenvalue weighted by Gasteiger charge is 2.23. The molecule has 1 amide bonds. The lowest BCUT2D eigenvalue weighted by Crippen LogP contribution is -2.37. The summed E-state index contributed by atoms with van der Waals surface area (Å²) < 4.78 is 10.5. The number of nitrogens with one attached hydrogen (secondary N) is 1. The number of fused-ring (bicyclic) bond motifs is 1. The lowest BCUT2D eigenvalue weighted by atomic mass is 10.1. The summed E-state index contributed by atoms with van der Waals surface area (Å²) in [5.41, 5.74) is 1.96. The van der Waals surface area contributed by atoms with E-state index in [2.05, 4.69) is 20.4 Å². The molecule has 1 aliphatic heterocycles. The van der Waals surface area contributed by atoms with Gasteiger partial charge in [-0.05, 0) is 13.8 Å². The molecule has 0 aromatic carbocycles. The Morgan fingerprint density at radius 3 is 3.09 bits per heavy atom. The molecule has 8 heteroatoms. The number of amides is 1. The fraction of sp³-hybridized carbons (Fsp3) is 0.467. The van der Waals surface area contributed by atoms with E-state index in [0.29, 0.717) is 30.6 Å². The summed E-state index contributed by atoms with van der Waals surface area (Å²) in [5, 5.41) is 6.48. The van der Waals surface area contributed by atoms with Gasteiger partial charge in [0.25, 0.3) is 0 Å². The number of hydrogen-bond acceptors (Lipinski definition) is 7. The smallest absolute Gasteiger partial charge is 0.239 e. The van der Waals surface area contributed by atoms with Crippen LogP contribution in [0.2, 0.25) is 0 Å². The van der Waals surface area contributed by atoms with E-state index in [1.54, 1.807) is 13.0 Å². The second-order valence-corrected chi connectivity index (χ2v) is 5.37. The molecule has 2 aromatic rings. The number of carbonyl (C=O) groups excluding carboxylic acids is 1. The molecule has 0 bridgehead atoms. The third kappa shape index (κ3) is 3.65. The average molecular weight is 317 g/mol. The minimum atomic E-state index is -0.128. The zero-order valence-corrected chi connectivity index (χ0v) is 13.2. The highest BCUT2D eigenvalue weighted by Crippen LogP contribution is 2.24. The van der Waals surface area contributed by atoms with Gasteiger partial charge >= 0.3 is 0 Å². The van der Waals surface area contributed by atoms with Gasteiger partial charge in [-0.3, -0.25) is 9.69 Å². The normalized spacial score (nSPS) is 14.3. The van der Waals surface area contributed by atoms with Gasteiger partial charge in [0.15, 0.2) is 5.82 Å². The van der Waals surface area contributed by atoms with Crippen molar-refractivity contribution in [1.29, 1.82) is 0 Å². The number of hydrogen-bond donors (Lipinski definition) is 1. The number of anilines is 1. The van der Waals surface area contributed by atoms with E-state index in [1.165, 1.54) is 6.33 Å². The first-order chi connectivity index (χ1) is 11.2. The van der Waals surface area contributed by atoms with Gasteiger partial charge in [-0.1, -0.05) is 5.16 Å². The van der Waals surface area contributed by atoms with Crippen LogP contribution in [-0.2, 0) is 17.8 Å². The number of aromatic nitrogens is 3. The number of rotatable bonds is 5. The van der Waals surface area contributed by atoms with Crippen LogP contribution in [0.15, 0.2) is 16.9 Å². The topological polar surface area (TPSA) is 93.4 Å². The van der Waals surface area contributed by atoms with Gasteiger partial charge < -0.3 is 14.6 Å². The van der Waals surface area contributed by atoms with E-state index >= 15 is 0 Å². The monoisotopic (exact) mass is 317 g/mol. The molecular formula is C15H19N5O3. The molecule has 0 fully saturated rings. The third-order valence-electron chi connectivity index (χ3n) is 3.59. The van der Waals surface area contributed by atoms with Crippen LogP contribution in [0.25, 0.3) is 0 Å². The molecule has 0 atom stereocenters. The predicted molar refractivity (Wildman–Crippen MR) is 82.1 cm³/mol. The third-order valence-corrected chi connectivity index (χ3v) is 3.59. The molecular weight excluding hydrogens is 298 g/mol. The Kier molecular flexibility index (Phi) is 4.52. The summed E-state index contributed by atoms with van der Waals surface area (Å²) in [4.78, 5) is 22.6. The first-order valence-electron chi connectivity index (χ1n) is 7.56. The van der Waals surface area contributed by atoms with Gasteiger partial charge in [-0.2, -0.15) is 0 Å². The first-order valence-corrected chi connectivity index (χ1v) is 7.56. The average Bonchev–Trinajstić information content (AvgIpc) is 2.93. The van der Waals surface area contributed by atoms with E-state index in [-0.39, 0.29) is 12.5 Å². The molecule has 3 rings (SSSR count). The van der Waals surface area contributed by atoms with Crippen molar-refractivity contribution >= 4 is 11.7 Å². The number of nitrogens with zero attached hydrogens (tertiary/aromatic N) is 4. The molecule has 0 radical (unpaired) electrons. The van der Waals surface area contributed by atoms with Crippen molar-refractivity contribution in [1.82, 2.24) is 20.0 Å². The number of carbonyl (C=O) groups is 1. The molecule has 0 unspecified atom stereocenters. The van der Waals surface area contributed by atoms with Crippen LogP contribution in [0.4, 0.5) is 5.82 Å². The van der Waals surface area contributed by atoms with Gasteiger partial charge in [-0.25, -0.2) is 9.97 Å². The largest absolute Gasteiger partial charge is 0.478 e. The molecule has 0 spiro atoms. The second kappa shape index (κ2) is 6.74. The molecule has 1 N–H and O–H groups in total. The van der Waals surface area contributed by atoms with Gasteiger partial charge in [0.1, 0.15) is 12.1 Å². The fourth-order valence-corrected chi connectivity index (χ4v) is 2.58. The minimum Gasteiger partial charge on any atom is -0.478 e. The molecule has 23 heavy (non-hydrogen) atoms. The Morgan fingerprint density at radius 1 is 1.48 bits per heavy atom. The Bertz CT molecular complexity index is 700. The maximum atomic E-state index is 12.1. The summed E-state index contributed by atoms with van der Waals surface area (Å²) in [5.74, 6) is 1.57. The minimum absolute atomic E-state index is 0.128. The summed E-state index contributed by atoms with van der Waals surface area (Å²) in [6.45, 7) is 5.88. The number of ether oxygens (including phenoxy) is 1. The SMILES string of the molecule is CCOc1ncnc2c1CN(CC(=O)Nc1cc(C)on1)CC2. The van der Waals surface area contributed by atoms with Crippen LogP contribution >= 0.6 is 0 Å². The van der Waals surface area contributed by atoms with Crippen molar-refractivity contribution in [2.45, 2.75) is 26.8 Å². The maximum Gasteiger partial charge on any atom is 0.239 e. The van der Waals surface area contributed by atoms with Crippen LogP contribution in [0.3, 0.4) is 0 Å². The molecule has 0 aliphatic carbocycles. The molecule has 8 nitrogen and oxygen atoms in total. The van der Waals surface area contributed by atoms with Gasteiger partial charge in [-0.15, -0.1) is 0 Å². The zero-order valence-electron chi connectivity index (χ0n) is 13.2. The zero-order chi connectivity index (χ0) is 16.2. The van der Waals surface area contributed by atoms with E-state index in [9.17, 15) is 4.79 Å². The molecule has 2 aromatic heterocycles. The Morgan fingerprint density at radius 2 is 2.35 bits per heavy atom. The highest BCUT2D eigenvalue weighted by molar-refractivity contribution is 5.91. The molecule has 3 heterocycles. The van der Waals surface area contributed by atoms with Crippen molar-refractivity contribution in [2.75, 3.05) is 25.0 Å². The van der Waals surface area contributed by atoms with Crippen LogP contribution < -0.4 is 10.1 Å². The first kappa shape index (κ1) is 15.4. The Balaban J connectivity index is 1.63. The van der Waals surface area contributed by atoms with E-state index < -0.39 is 0 Å². The molecule has 122 valence electrons. The van der Waals surface area contributed by atoms with Crippen molar-refractivity contribution in [3.63, 3.8) is 0 Å². The lowest BCUT2D eigenvalue weighted by molar-refractivity contribution is -0.117. The van der Waals surface area contributed by atoms with Crippen LogP contribution in [0, 0.1) is 6.92 Å². The van der Waals surface area contributed by atoms with Crippen molar-refractivity contribution in [3.05, 3.63) is 29.4 Å². The van der Waals surface area contributed by atoms with E-state index in [0.717, 1.165) is 24.2 Å². The predicted octanol–water partition coefficient (Wildman–Crippen LogP) is 1.17. The summed E-state index contributed by atoms with van der Waals surface area (Å²) in [6, 6.07) is 1.68. The van der Waals surface area contributed by atoms with Gasteiger partial charge in [0.05, 0.1) is 18.8 Å². The standard InChI is InChI=1S/C15H19N5O3/c1-3-22-15-11-7-20(5-4-12(11)16-9-17-15)8-14(21)18-13-6-10(2)23-19-13/h6,9H,3-5,7-8H2,1-2H3,(H,18,19,21). The van der Waals surface area contributed by atoms with Crippen LogP contribution in [0.5, 0.6) is 5.88 Å². The maximum absolute atomic E-state index is 12.1. The fourth-order valence-electron chi connectivity index (χ4n) is 2.58. The van der Waals surface area contributed by atoms with Crippen molar-refractivity contribution in [3.8, 4) is 5.88 Å². The van der Waals surface area contributed by atoms with Crippen molar-refractivity contribution in [2.24, 2.45) is 0 Å². The molecule has 1 aliphatic rings. The van der Waals surface area contributed by atoms with E-state index in [1.807, 2.05) is 11.8 Å². The Labute approximate surface area is 133 Å². The molecule has 0 saturated heterocycles. The van der Waals surface area contributed by atoms with Crippen LogP contribution in [-0.4, -0.2) is 45.6 Å². The summed E-state index contributed by atoms with van der Waals surface area (Å²) in [7, 11) is 0.